The van der Waals surface area contributed by atoms with Crippen molar-refractivity contribution in [3.63, 3.8) is 0 Å². The van der Waals surface area contributed by atoms with Crippen LogP contribution >= 0.6 is 17.7 Å². The molecule has 6 heteroatoms. The van der Waals surface area contributed by atoms with E-state index >= 15 is 0 Å². The maximum Gasteiger partial charge on any atom is 0.228 e. The van der Waals surface area contributed by atoms with Gasteiger partial charge in [-0.05, 0) is 6.42 Å². The third kappa shape index (κ3) is 3.01. The summed E-state index contributed by atoms with van der Waals surface area (Å²) in [5.74, 6) is -0.566. The summed E-state index contributed by atoms with van der Waals surface area (Å²) in [7, 11) is 0. The van der Waals surface area contributed by atoms with Crippen LogP contribution in [0.3, 0.4) is 0 Å². The Morgan fingerprint density at radius 3 is 2.40 bits per heavy atom. The second-order valence-corrected chi connectivity index (χ2v) is 8.03. The van der Waals surface area contributed by atoms with Crippen LogP contribution in [-0.4, -0.2) is 16.5 Å². The number of thiol groups is 1. The lowest BCUT2D eigenvalue weighted by atomic mass is 10.3. The minimum absolute atomic E-state index is 0.451. The lowest BCUT2D eigenvalue weighted by Gasteiger charge is -2.15. The van der Waals surface area contributed by atoms with Crippen LogP contribution in [0.2, 0.25) is 0 Å². The predicted octanol–water partition coefficient (Wildman–Crippen LogP) is 0.482. The van der Waals surface area contributed by atoms with E-state index in [2.05, 4.69) is 24.1 Å². The summed E-state index contributed by atoms with van der Waals surface area (Å²) in [5.41, 5.74) is 1.52. The summed E-state index contributed by atoms with van der Waals surface area (Å²) in [6.45, 7) is 1.74. The molecule has 0 saturated heterocycles. The van der Waals surface area contributed by atoms with Gasteiger partial charge in [0.05, 0.1) is 5.66 Å². The van der Waals surface area contributed by atoms with Crippen LogP contribution in [0.15, 0.2) is 0 Å². The highest BCUT2D eigenvalue weighted by molar-refractivity contribution is 8.61. The van der Waals surface area contributed by atoms with Crippen molar-refractivity contribution < 1.29 is 9.69 Å². The minimum atomic E-state index is -2.78. The Hall–Kier alpha value is 0.430. The van der Waals surface area contributed by atoms with Gasteiger partial charge in [-0.1, -0.05) is 18.7 Å². The number of hydrogen-bond donors (Lipinski definition) is 3. The molecule has 0 aliphatic heterocycles. The third-order valence-corrected chi connectivity index (χ3v) is 4.15. The molecule has 0 aromatic rings. The molecule has 0 rings (SSSR count). The monoisotopic (exact) mass is 199 g/mol. The van der Waals surface area contributed by atoms with Gasteiger partial charge in [-0.2, -0.15) is 0 Å². The lowest BCUT2D eigenvalue weighted by molar-refractivity contribution is -0.117. The van der Waals surface area contributed by atoms with Crippen molar-refractivity contribution in [2.24, 2.45) is 5.73 Å². The molecule has 0 aliphatic rings. The molecule has 0 radical (unpaired) electrons. The Balaban J connectivity index is 4.38. The van der Waals surface area contributed by atoms with Crippen molar-refractivity contribution in [1.29, 1.82) is 0 Å². The molecular weight excluding hydrogens is 189 g/mol. The molecule has 10 heavy (non-hydrogen) atoms. The molecule has 0 saturated carbocycles. The van der Waals surface area contributed by atoms with Crippen LogP contribution in [-0.2, 0) is 16.6 Å². The smallest absolute Gasteiger partial charge is 0.228 e. The molecule has 3 N–H and O–H groups in total. The molecule has 0 spiro atoms. The number of amides is 1. The Morgan fingerprint density at radius 2 is 2.40 bits per heavy atom. The molecule has 0 heterocycles. The van der Waals surface area contributed by atoms with Crippen molar-refractivity contribution >= 4 is 35.4 Å². The van der Waals surface area contributed by atoms with Crippen LogP contribution in [0, 0.1) is 0 Å². The summed E-state index contributed by atoms with van der Waals surface area (Å²) in [6.07, 6.45) is 0.451. The summed E-state index contributed by atoms with van der Waals surface area (Å²) in [4.78, 5) is 19.7. The van der Waals surface area contributed by atoms with E-state index in [1.54, 1.807) is 6.92 Å². The zero-order valence-corrected chi connectivity index (χ0v) is 8.13. The van der Waals surface area contributed by atoms with Gasteiger partial charge in [0.25, 0.3) is 0 Å². The molecule has 2 unspecified atom stereocenters. The maximum absolute atomic E-state index is 10.6. The SMILES string of the molecule is CCC(C(N)=O)P(O)(=S)S. The highest BCUT2D eigenvalue weighted by Gasteiger charge is 2.25. The topological polar surface area (TPSA) is 63.3 Å². The van der Waals surface area contributed by atoms with Gasteiger partial charge in [-0.25, -0.2) is 0 Å². The van der Waals surface area contributed by atoms with Crippen LogP contribution < -0.4 is 5.73 Å². The third-order valence-electron chi connectivity index (χ3n) is 1.12. The van der Waals surface area contributed by atoms with Crippen molar-refractivity contribution in [2.45, 2.75) is 19.0 Å². The standard InChI is InChI=1S/C4H10NO2PS2/c1-2-3(4(5)6)8(7,9)10/h3H,2H2,1H3,(H2,5,6)(H2,7,9,10). The van der Waals surface area contributed by atoms with Gasteiger partial charge >= 0.3 is 0 Å². The molecule has 0 aromatic heterocycles. The Kier molecular flexibility index (Phi) is 3.88. The first-order valence-electron chi connectivity index (χ1n) is 2.74. The van der Waals surface area contributed by atoms with Gasteiger partial charge in [0, 0.05) is 0 Å². The van der Waals surface area contributed by atoms with Gasteiger partial charge < -0.3 is 10.6 Å². The van der Waals surface area contributed by atoms with Crippen LogP contribution in [0.4, 0.5) is 0 Å². The average Bonchev–Trinajstić information content (AvgIpc) is 1.60. The van der Waals surface area contributed by atoms with E-state index in [4.69, 9.17) is 10.6 Å². The number of nitrogens with two attached hydrogens (primary N) is 1. The number of rotatable bonds is 3. The van der Waals surface area contributed by atoms with Crippen molar-refractivity contribution in [3.8, 4) is 0 Å². The molecular formula is C4H10NO2PS2. The summed E-state index contributed by atoms with van der Waals surface area (Å²) >= 11 is 8.36. The molecule has 0 aromatic carbocycles. The first-order valence-corrected chi connectivity index (χ1v) is 6.71. The Bertz CT molecular complexity index is 178. The van der Waals surface area contributed by atoms with Crippen LogP contribution in [0.1, 0.15) is 13.3 Å². The maximum atomic E-state index is 10.6. The zero-order chi connectivity index (χ0) is 8.36. The fraction of sp³-hybridized carbons (Fsp3) is 0.750. The number of hydrogen-bond acceptors (Lipinski definition) is 2. The number of primary amides is 1. The second kappa shape index (κ2) is 3.72. The molecule has 0 fully saturated rings. The van der Waals surface area contributed by atoms with E-state index in [0.717, 1.165) is 0 Å². The fourth-order valence-corrected chi connectivity index (χ4v) is 3.00. The van der Waals surface area contributed by atoms with E-state index in [1.807, 2.05) is 0 Å². The molecule has 60 valence electrons. The second-order valence-electron chi connectivity index (χ2n) is 1.92. The van der Waals surface area contributed by atoms with E-state index in [1.165, 1.54) is 0 Å². The molecule has 1 amide bonds. The Morgan fingerprint density at radius 1 is 2.00 bits per heavy atom. The molecule has 0 bridgehead atoms. The van der Waals surface area contributed by atoms with Crippen LogP contribution in [0.25, 0.3) is 0 Å². The highest BCUT2D eigenvalue weighted by atomic mass is 32.9. The van der Waals surface area contributed by atoms with Gasteiger partial charge in [0.2, 0.25) is 5.91 Å². The van der Waals surface area contributed by atoms with Crippen molar-refractivity contribution in [1.82, 2.24) is 0 Å². The normalized spacial score (nSPS) is 19.5. The predicted molar refractivity (Wildman–Crippen MR) is 48.8 cm³/mol. The van der Waals surface area contributed by atoms with Crippen LogP contribution in [0.5, 0.6) is 0 Å². The lowest BCUT2D eigenvalue weighted by Crippen LogP contribution is -2.26. The Labute approximate surface area is 70.2 Å². The van der Waals surface area contributed by atoms with Crippen molar-refractivity contribution in [3.05, 3.63) is 0 Å². The first kappa shape index (κ1) is 10.4. The van der Waals surface area contributed by atoms with E-state index in [9.17, 15) is 4.79 Å². The highest BCUT2D eigenvalue weighted by Crippen LogP contribution is 2.52. The molecule has 3 nitrogen and oxygen atoms in total. The quantitative estimate of drug-likeness (QED) is 0.457. The van der Waals surface area contributed by atoms with Gasteiger partial charge in [-0.15, -0.1) is 12.2 Å². The van der Waals surface area contributed by atoms with E-state index in [0.29, 0.717) is 6.42 Å². The largest absolute Gasteiger partial charge is 0.369 e. The van der Waals surface area contributed by atoms with E-state index in [-0.39, 0.29) is 0 Å². The summed E-state index contributed by atoms with van der Waals surface area (Å²) in [6, 6.07) is 0. The van der Waals surface area contributed by atoms with Gasteiger partial charge in [0.15, 0.2) is 0 Å². The van der Waals surface area contributed by atoms with Gasteiger partial charge in [-0.3, -0.25) is 4.79 Å². The summed E-state index contributed by atoms with van der Waals surface area (Å²) in [5, 5.41) is 0. The minimum Gasteiger partial charge on any atom is -0.369 e. The van der Waals surface area contributed by atoms with E-state index < -0.39 is 17.0 Å². The number of carbonyl (C=O) groups excluding carboxylic acids is 1. The zero-order valence-electron chi connectivity index (χ0n) is 5.52. The first-order chi connectivity index (χ1) is 4.39. The van der Waals surface area contributed by atoms with Gasteiger partial charge in [0.1, 0.15) is 5.47 Å². The fourth-order valence-electron chi connectivity index (χ4n) is 0.605. The summed E-state index contributed by atoms with van der Waals surface area (Å²) < 4.78 is 0. The average molecular weight is 199 g/mol. The molecule has 2 atom stereocenters. The number of carbonyl (C=O) groups is 1. The van der Waals surface area contributed by atoms with Crippen molar-refractivity contribution in [2.75, 3.05) is 0 Å². The molecule has 0 aliphatic carbocycles.